The number of methoxy groups -OCH3 is 1. The number of aromatic amines is 1. The number of hydrogen-bond acceptors (Lipinski definition) is 10. The van der Waals surface area contributed by atoms with E-state index >= 15 is 4.39 Å². The minimum Gasteiger partial charge on any atom is -0.495 e. The summed E-state index contributed by atoms with van der Waals surface area (Å²) >= 11 is 0. The minimum absolute atomic E-state index is 0.115. The second-order valence-electron chi connectivity index (χ2n) is 18.3. The summed E-state index contributed by atoms with van der Waals surface area (Å²) in [7, 11) is 3.65. The Hall–Kier alpha value is -6.32. The van der Waals surface area contributed by atoms with Gasteiger partial charge in [-0.1, -0.05) is 18.2 Å². The Bertz CT molecular complexity index is 2710. The lowest BCUT2D eigenvalue weighted by Gasteiger charge is -2.39. The van der Waals surface area contributed by atoms with Gasteiger partial charge in [-0.15, -0.1) is 0 Å². The Morgan fingerprint density at radius 2 is 1.66 bits per heavy atom. The molecule has 3 N–H and O–H groups in total. The first-order valence-electron chi connectivity index (χ1n) is 23.1. The number of halogens is 1. The van der Waals surface area contributed by atoms with Crippen LogP contribution in [0.3, 0.4) is 0 Å². The van der Waals surface area contributed by atoms with Crippen LogP contribution in [0.25, 0.3) is 33.1 Å². The smallest absolute Gasteiger partial charge is 0.253 e. The molecule has 4 fully saturated rings. The standard InChI is InChI=1S/C50H57FN10O4/c1-57-38(26-40-39(11-16-52-48(40)57)36-7-8-42-37(25-36)29-53-56-42)31-58-17-14-34(15-18-58)33-3-5-35(6-4-33)50(64)61-19-12-32(13-20-61)30-59-21-23-60(24-22-59)45-28-46(65-2)44(27-41(45)51)54-43-9-10-47(62)55-49(43)63/h3-8,11,16,25-29,32,34,43,54H,9-10,12-15,17-24,30-31H2,1-2H3,(H,53,56)(H,55,62,63). The second-order valence-corrected chi connectivity index (χ2v) is 18.3. The molecule has 65 heavy (non-hydrogen) atoms. The van der Waals surface area contributed by atoms with Gasteiger partial charge >= 0.3 is 0 Å². The van der Waals surface area contributed by atoms with Crippen molar-refractivity contribution in [2.45, 2.75) is 57.0 Å². The van der Waals surface area contributed by atoms with Gasteiger partial charge in [0.25, 0.3) is 5.91 Å². The average Bonchev–Trinajstić information content (AvgIpc) is 3.94. The number of piperazine rings is 1. The third kappa shape index (κ3) is 8.91. The molecule has 0 saturated carbocycles. The van der Waals surface area contributed by atoms with E-state index in [4.69, 9.17) is 9.72 Å². The molecular formula is C50H57FN10O4. The van der Waals surface area contributed by atoms with E-state index in [1.54, 1.807) is 6.07 Å². The summed E-state index contributed by atoms with van der Waals surface area (Å²) in [6, 6.07) is 21.7. The quantitative estimate of drug-likeness (QED) is 0.123. The Morgan fingerprint density at radius 1 is 0.877 bits per heavy atom. The summed E-state index contributed by atoms with van der Waals surface area (Å²) in [6.07, 6.45) is 8.44. The number of piperidine rings is 3. The summed E-state index contributed by atoms with van der Waals surface area (Å²) in [5.41, 5.74) is 8.57. The van der Waals surface area contributed by atoms with Crippen LogP contribution >= 0.6 is 0 Å². The third-order valence-electron chi connectivity index (χ3n) is 14.4. The maximum Gasteiger partial charge on any atom is 0.253 e. The molecule has 0 radical (unpaired) electrons. The lowest BCUT2D eigenvalue weighted by atomic mass is 9.88. The molecule has 7 heterocycles. The Labute approximate surface area is 378 Å². The highest BCUT2D eigenvalue weighted by atomic mass is 19.1. The number of carbonyl (C=O) groups excluding carboxylic acids is 3. The molecule has 3 amide bonds. The summed E-state index contributed by atoms with van der Waals surface area (Å²) < 4.78 is 23.3. The van der Waals surface area contributed by atoms with E-state index in [1.165, 1.54) is 35.4 Å². The molecule has 1 atom stereocenters. The van der Waals surface area contributed by atoms with Gasteiger partial charge in [-0.25, -0.2) is 9.37 Å². The second kappa shape index (κ2) is 18.3. The van der Waals surface area contributed by atoms with Gasteiger partial charge in [-0.2, -0.15) is 5.10 Å². The monoisotopic (exact) mass is 880 g/mol. The normalized spacial score (nSPS) is 19.6. The van der Waals surface area contributed by atoms with Crippen molar-refractivity contribution in [3.05, 3.63) is 102 Å². The van der Waals surface area contributed by atoms with Crippen molar-refractivity contribution in [3.8, 4) is 16.9 Å². The molecule has 1 unspecified atom stereocenters. The number of nitrogens with zero attached hydrogens (tertiary/aromatic N) is 7. The van der Waals surface area contributed by atoms with Crippen molar-refractivity contribution in [2.24, 2.45) is 13.0 Å². The van der Waals surface area contributed by atoms with E-state index in [2.05, 4.69) is 84.7 Å². The zero-order valence-electron chi connectivity index (χ0n) is 37.2. The highest BCUT2D eigenvalue weighted by Gasteiger charge is 2.30. The minimum atomic E-state index is -0.633. The number of amides is 3. The molecule has 6 aromatic rings. The third-order valence-corrected chi connectivity index (χ3v) is 14.4. The van der Waals surface area contributed by atoms with Crippen molar-refractivity contribution in [1.82, 2.24) is 39.8 Å². The van der Waals surface area contributed by atoms with Crippen LogP contribution < -0.4 is 20.3 Å². The SMILES string of the molecule is COc1cc(N2CCN(CC3CCN(C(=O)c4ccc(C5CCN(Cc6cc7c(-c8ccc9[nH]ncc9c8)ccnc7n6C)CC5)cc4)CC3)CC2)c(F)cc1NC1CCC(=O)NC1=O. The van der Waals surface area contributed by atoms with Gasteiger partial charge in [-0.05, 0) is 110 Å². The number of ether oxygens (including phenoxy) is 1. The van der Waals surface area contributed by atoms with Gasteiger partial charge < -0.3 is 24.4 Å². The zero-order valence-corrected chi connectivity index (χ0v) is 37.2. The zero-order chi connectivity index (χ0) is 44.6. The maximum absolute atomic E-state index is 15.5. The molecular weight excluding hydrogens is 824 g/mol. The van der Waals surface area contributed by atoms with Crippen molar-refractivity contribution >= 4 is 51.0 Å². The number of hydrogen-bond donors (Lipinski definition) is 3. The fourth-order valence-electron chi connectivity index (χ4n) is 10.5. The molecule has 0 spiro atoms. The number of rotatable bonds is 11. The van der Waals surface area contributed by atoms with Crippen LogP contribution in [0.1, 0.15) is 66.1 Å². The van der Waals surface area contributed by atoms with Crippen molar-refractivity contribution in [1.29, 1.82) is 0 Å². The molecule has 3 aromatic heterocycles. The molecule has 10 rings (SSSR count). The van der Waals surface area contributed by atoms with Crippen LogP contribution in [-0.2, 0) is 23.2 Å². The van der Waals surface area contributed by atoms with Crippen LogP contribution in [-0.4, -0.2) is 124 Å². The summed E-state index contributed by atoms with van der Waals surface area (Å²) in [6.45, 7) is 8.39. The molecule has 3 aromatic carbocycles. The van der Waals surface area contributed by atoms with E-state index in [-0.39, 0.29) is 24.1 Å². The van der Waals surface area contributed by atoms with Crippen LogP contribution in [0.5, 0.6) is 5.75 Å². The number of likely N-dealkylation sites (tertiary alicyclic amines) is 2. The van der Waals surface area contributed by atoms with Crippen LogP contribution in [0.2, 0.25) is 0 Å². The fourth-order valence-corrected chi connectivity index (χ4v) is 10.5. The number of aromatic nitrogens is 4. The number of anilines is 2. The molecule has 4 aliphatic heterocycles. The molecule has 338 valence electrons. The summed E-state index contributed by atoms with van der Waals surface area (Å²) in [4.78, 5) is 51.3. The Morgan fingerprint density at radius 3 is 2.42 bits per heavy atom. The van der Waals surface area contributed by atoms with Crippen LogP contribution in [0.15, 0.2) is 79.1 Å². The maximum atomic E-state index is 15.5. The molecule has 0 bridgehead atoms. The average molecular weight is 881 g/mol. The van der Waals surface area contributed by atoms with Gasteiger partial charge in [0.2, 0.25) is 11.8 Å². The first-order valence-corrected chi connectivity index (χ1v) is 23.1. The number of pyridine rings is 1. The first kappa shape index (κ1) is 42.6. The van der Waals surface area contributed by atoms with E-state index in [1.807, 2.05) is 34.3 Å². The number of aryl methyl sites for hydroxylation is 1. The number of carbonyl (C=O) groups is 3. The number of benzene rings is 3. The molecule has 14 nitrogen and oxygen atoms in total. The largest absolute Gasteiger partial charge is 0.495 e. The lowest BCUT2D eigenvalue weighted by Crippen LogP contribution is -2.49. The molecule has 0 aliphatic carbocycles. The molecule has 4 aliphatic rings. The van der Waals surface area contributed by atoms with E-state index in [0.29, 0.717) is 48.5 Å². The van der Waals surface area contributed by atoms with Gasteiger partial charge in [0.05, 0.1) is 30.2 Å². The topological polar surface area (TPSA) is 144 Å². The van der Waals surface area contributed by atoms with Crippen molar-refractivity contribution in [2.75, 3.05) is 76.2 Å². The van der Waals surface area contributed by atoms with Crippen LogP contribution in [0, 0.1) is 11.7 Å². The van der Waals surface area contributed by atoms with Gasteiger partial charge in [0.1, 0.15) is 23.3 Å². The fraction of sp³-hybridized carbons (Fsp3) is 0.420. The number of fused-ring (bicyclic) bond motifs is 2. The van der Waals surface area contributed by atoms with Crippen molar-refractivity contribution in [3.63, 3.8) is 0 Å². The van der Waals surface area contributed by atoms with E-state index in [9.17, 15) is 14.4 Å². The highest BCUT2D eigenvalue weighted by molar-refractivity contribution is 6.01. The molecule has 15 heteroatoms. The Balaban J connectivity index is 0.671. The van der Waals surface area contributed by atoms with E-state index < -0.39 is 11.9 Å². The molecule has 4 saturated heterocycles. The number of imide groups is 1. The first-order chi connectivity index (χ1) is 31.7. The number of H-pyrrole nitrogens is 1. The van der Waals surface area contributed by atoms with Gasteiger partial charge in [0.15, 0.2) is 0 Å². The van der Waals surface area contributed by atoms with Gasteiger partial charge in [0, 0.05) is 106 Å². The summed E-state index contributed by atoms with van der Waals surface area (Å²) in [5, 5.41) is 14.9. The number of nitrogens with one attached hydrogen (secondary N) is 3. The highest BCUT2D eigenvalue weighted by Crippen LogP contribution is 2.36. The Kier molecular flexibility index (Phi) is 12.0. The summed E-state index contributed by atoms with van der Waals surface area (Å²) in [5.74, 6) is 0.441. The lowest BCUT2D eigenvalue weighted by molar-refractivity contribution is -0.133. The predicted molar refractivity (Wildman–Crippen MR) is 250 cm³/mol. The predicted octanol–water partition coefficient (Wildman–Crippen LogP) is 6.54. The van der Waals surface area contributed by atoms with Gasteiger partial charge in [-0.3, -0.25) is 34.6 Å². The van der Waals surface area contributed by atoms with Crippen molar-refractivity contribution < 1.29 is 23.5 Å². The van der Waals surface area contributed by atoms with E-state index in [0.717, 1.165) is 106 Å². The van der Waals surface area contributed by atoms with Crippen LogP contribution in [0.4, 0.5) is 15.8 Å².